The van der Waals surface area contributed by atoms with Crippen molar-refractivity contribution < 1.29 is 14.7 Å². The Bertz CT molecular complexity index is 566. The van der Waals surface area contributed by atoms with Gasteiger partial charge in [-0.25, -0.2) is 0 Å². The molecule has 4 atom stereocenters. The predicted octanol–water partition coefficient (Wildman–Crippen LogP) is 1.41. The number of carboxylic acid groups (broad SMARTS) is 1. The molecule has 4 unspecified atom stereocenters. The molecule has 108 valence electrons. The summed E-state index contributed by atoms with van der Waals surface area (Å²) in [6.07, 6.45) is 4.40. The van der Waals surface area contributed by atoms with Crippen LogP contribution in [0.3, 0.4) is 0 Å². The molecule has 1 aromatic heterocycles. The van der Waals surface area contributed by atoms with Crippen LogP contribution in [0.4, 0.5) is 5.69 Å². The van der Waals surface area contributed by atoms with Gasteiger partial charge < -0.3 is 10.4 Å². The largest absolute Gasteiger partial charge is 0.481 e. The lowest BCUT2D eigenvalue weighted by molar-refractivity contribution is -0.148. The monoisotopic (exact) mass is 277 g/mol. The van der Waals surface area contributed by atoms with Crippen molar-refractivity contribution in [2.24, 2.45) is 30.7 Å². The molecule has 6 nitrogen and oxygen atoms in total. The molecule has 2 fully saturated rings. The number of nitrogens with one attached hydrogen (secondary N) is 1. The van der Waals surface area contributed by atoms with E-state index in [9.17, 15) is 14.7 Å². The topological polar surface area (TPSA) is 84.2 Å². The number of aromatic nitrogens is 2. The number of hydrogen-bond acceptors (Lipinski definition) is 3. The summed E-state index contributed by atoms with van der Waals surface area (Å²) in [5.41, 5.74) is 1.54. The third-order valence-corrected chi connectivity index (χ3v) is 5.00. The second-order valence-electron chi connectivity index (χ2n) is 5.98. The van der Waals surface area contributed by atoms with E-state index in [1.54, 1.807) is 10.9 Å². The second kappa shape index (κ2) is 4.61. The first kappa shape index (κ1) is 13.1. The van der Waals surface area contributed by atoms with Crippen molar-refractivity contribution in [3.63, 3.8) is 0 Å². The van der Waals surface area contributed by atoms with E-state index in [2.05, 4.69) is 10.4 Å². The third-order valence-electron chi connectivity index (χ3n) is 5.00. The molecule has 2 bridgehead atoms. The first-order chi connectivity index (χ1) is 9.49. The van der Waals surface area contributed by atoms with Gasteiger partial charge in [-0.05, 0) is 38.0 Å². The fourth-order valence-electron chi connectivity index (χ4n) is 3.86. The zero-order valence-corrected chi connectivity index (χ0v) is 11.7. The molecule has 0 radical (unpaired) electrons. The van der Waals surface area contributed by atoms with E-state index in [1.165, 1.54) is 0 Å². The van der Waals surface area contributed by atoms with Crippen molar-refractivity contribution in [3.8, 4) is 0 Å². The van der Waals surface area contributed by atoms with Crippen LogP contribution in [-0.2, 0) is 16.6 Å². The van der Waals surface area contributed by atoms with E-state index in [1.807, 2.05) is 14.0 Å². The van der Waals surface area contributed by atoms with E-state index in [-0.39, 0.29) is 17.7 Å². The number of anilines is 1. The van der Waals surface area contributed by atoms with Gasteiger partial charge in [-0.2, -0.15) is 5.10 Å². The van der Waals surface area contributed by atoms with Crippen LogP contribution in [0.15, 0.2) is 6.20 Å². The van der Waals surface area contributed by atoms with Crippen LogP contribution < -0.4 is 5.32 Å². The molecule has 6 heteroatoms. The molecule has 2 aliphatic rings. The Balaban J connectivity index is 1.79. The Morgan fingerprint density at radius 1 is 1.35 bits per heavy atom. The maximum atomic E-state index is 12.5. The molecule has 2 N–H and O–H groups in total. The Kier molecular flexibility index (Phi) is 3.03. The van der Waals surface area contributed by atoms with Crippen LogP contribution in [0.25, 0.3) is 0 Å². The molecule has 0 aromatic carbocycles. The van der Waals surface area contributed by atoms with Gasteiger partial charge in [0.05, 0.1) is 29.4 Å². The van der Waals surface area contributed by atoms with Crippen LogP contribution in [0.1, 0.15) is 25.0 Å². The molecule has 0 spiro atoms. The smallest absolute Gasteiger partial charge is 0.307 e. The van der Waals surface area contributed by atoms with E-state index in [0.29, 0.717) is 5.69 Å². The van der Waals surface area contributed by atoms with Crippen molar-refractivity contribution in [2.75, 3.05) is 5.32 Å². The van der Waals surface area contributed by atoms with Crippen molar-refractivity contribution in [3.05, 3.63) is 11.9 Å². The molecule has 1 heterocycles. The Morgan fingerprint density at radius 3 is 2.55 bits per heavy atom. The SMILES string of the molecule is Cc1c(NC(=O)C2C3CCC(C3)C2C(=O)O)cnn1C. The molecule has 1 aromatic rings. The molecule has 1 amide bonds. The number of rotatable bonds is 3. The number of carbonyl (C=O) groups excluding carboxylic acids is 1. The van der Waals surface area contributed by atoms with E-state index < -0.39 is 17.8 Å². The molecule has 0 aliphatic heterocycles. The lowest BCUT2D eigenvalue weighted by Crippen LogP contribution is -2.37. The highest BCUT2D eigenvalue weighted by Crippen LogP contribution is 2.52. The van der Waals surface area contributed by atoms with Crippen LogP contribution in [0.5, 0.6) is 0 Å². The minimum Gasteiger partial charge on any atom is -0.481 e. The molecule has 0 saturated heterocycles. The predicted molar refractivity (Wildman–Crippen MR) is 72.0 cm³/mol. The van der Waals surface area contributed by atoms with E-state index >= 15 is 0 Å². The Labute approximate surface area is 117 Å². The summed E-state index contributed by atoms with van der Waals surface area (Å²) in [6, 6.07) is 0. The number of carboxylic acids is 1. The maximum absolute atomic E-state index is 12.5. The normalized spacial score (nSPS) is 31.5. The molecule has 3 rings (SSSR count). The van der Waals surface area contributed by atoms with Crippen LogP contribution in [0, 0.1) is 30.6 Å². The number of aliphatic carboxylic acids is 1. The molecule has 2 aliphatic carbocycles. The maximum Gasteiger partial charge on any atom is 0.307 e. The molecular weight excluding hydrogens is 258 g/mol. The summed E-state index contributed by atoms with van der Waals surface area (Å²) in [5, 5.41) is 16.3. The first-order valence-corrected chi connectivity index (χ1v) is 7.01. The number of nitrogens with zero attached hydrogens (tertiary/aromatic N) is 2. The lowest BCUT2D eigenvalue weighted by Gasteiger charge is -2.26. The number of hydrogen-bond donors (Lipinski definition) is 2. The van der Waals surface area contributed by atoms with E-state index in [0.717, 1.165) is 25.0 Å². The van der Waals surface area contributed by atoms with Crippen LogP contribution in [-0.4, -0.2) is 26.8 Å². The van der Waals surface area contributed by atoms with Crippen molar-refractivity contribution >= 4 is 17.6 Å². The van der Waals surface area contributed by atoms with Crippen LogP contribution >= 0.6 is 0 Å². The summed E-state index contributed by atoms with van der Waals surface area (Å²) in [7, 11) is 1.81. The summed E-state index contributed by atoms with van der Waals surface area (Å²) < 4.78 is 1.69. The quantitative estimate of drug-likeness (QED) is 0.875. The number of amides is 1. The lowest BCUT2D eigenvalue weighted by atomic mass is 9.78. The van der Waals surface area contributed by atoms with Gasteiger partial charge in [0.15, 0.2) is 0 Å². The van der Waals surface area contributed by atoms with Gasteiger partial charge in [0, 0.05) is 7.05 Å². The highest BCUT2D eigenvalue weighted by molar-refractivity contribution is 5.96. The molecule has 20 heavy (non-hydrogen) atoms. The highest BCUT2D eigenvalue weighted by Gasteiger charge is 2.54. The second-order valence-corrected chi connectivity index (χ2v) is 5.98. The van der Waals surface area contributed by atoms with Crippen molar-refractivity contribution in [1.29, 1.82) is 0 Å². The zero-order valence-electron chi connectivity index (χ0n) is 11.7. The van der Waals surface area contributed by atoms with Crippen molar-refractivity contribution in [1.82, 2.24) is 9.78 Å². The summed E-state index contributed by atoms with van der Waals surface area (Å²) in [6.45, 7) is 1.87. The van der Waals surface area contributed by atoms with Gasteiger partial charge in [-0.3, -0.25) is 14.3 Å². The average molecular weight is 277 g/mol. The van der Waals surface area contributed by atoms with Gasteiger partial charge in [0.25, 0.3) is 0 Å². The summed E-state index contributed by atoms with van der Waals surface area (Å²) >= 11 is 0. The average Bonchev–Trinajstić information content (AvgIpc) is 3.08. The Morgan fingerprint density at radius 2 is 2.00 bits per heavy atom. The number of fused-ring (bicyclic) bond motifs is 2. The fraction of sp³-hybridized carbons (Fsp3) is 0.643. The van der Waals surface area contributed by atoms with E-state index in [4.69, 9.17) is 0 Å². The van der Waals surface area contributed by atoms with Gasteiger partial charge in [-0.15, -0.1) is 0 Å². The first-order valence-electron chi connectivity index (χ1n) is 7.01. The third kappa shape index (κ3) is 1.90. The Hall–Kier alpha value is -1.85. The van der Waals surface area contributed by atoms with Crippen LogP contribution in [0.2, 0.25) is 0 Å². The van der Waals surface area contributed by atoms with Gasteiger partial charge in [0.2, 0.25) is 5.91 Å². The highest BCUT2D eigenvalue weighted by atomic mass is 16.4. The standard InChI is InChI=1S/C14H19N3O3/c1-7-10(6-15-17(7)2)16-13(18)11-8-3-4-9(5-8)12(11)14(19)20/h6,8-9,11-12H,3-5H2,1-2H3,(H,16,18)(H,19,20). The summed E-state index contributed by atoms with van der Waals surface area (Å²) in [5.74, 6) is -1.53. The molecular formula is C14H19N3O3. The van der Waals surface area contributed by atoms with Crippen molar-refractivity contribution in [2.45, 2.75) is 26.2 Å². The fourth-order valence-corrected chi connectivity index (χ4v) is 3.86. The minimum atomic E-state index is -0.833. The summed E-state index contributed by atoms with van der Waals surface area (Å²) in [4.78, 5) is 23.9. The number of aryl methyl sites for hydroxylation is 1. The zero-order chi connectivity index (χ0) is 14.4. The minimum absolute atomic E-state index is 0.166. The number of carbonyl (C=O) groups is 2. The van der Waals surface area contributed by atoms with Gasteiger partial charge in [-0.1, -0.05) is 0 Å². The van der Waals surface area contributed by atoms with Gasteiger partial charge in [0.1, 0.15) is 0 Å². The van der Waals surface area contributed by atoms with Gasteiger partial charge >= 0.3 is 5.97 Å². The molecule has 2 saturated carbocycles.